The van der Waals surface area contributed by atoms with E-state index >= 15 is 0 Å². The molecule has 84 valence electrons. The maximum atomic E-state index is 6.22. The molecule has 3 unspecified atom stereocenters. The molecule has 0 aliphatic carbocycles. The third-order valence-corrected chi connectivity index (χ3v) is 4.23. The second kappa shape index (κ2) is 6.19. The van der Waals surface area contributed by atoms with Gasteiger partial charge in [0.2, 0.25) is 0 Å². The fraction of sp³-hybridized carbons (Fsp3) is 0.538. The van der Waals surface area contributed by atoms with Gasteiger partial charge in [-0.25, -0.2) is 0 Å². The van der Waals surface area contributed by atoms with Crippen molar-refractivity contribution in [2.75, 3.05) is 0 Å². The highest BCUT2D eigenvalue weighted by Crippen LogP contribution is 2.28. The summed E-state index contributed by atoms with van der Waals surface area (Å²) in [5.41, 5.74) is 7.46. The van der Waals surface area contributed by atoms with E-state index < -0.39 is 0 Å². The lowest BCUT2D eigenvalue weighted by atomic mass is 10.1. The predicted molar refractivity (Wildman–Crippen MR) is 70.2 cm³/mol. The van der Waals surface area contributed by atoms with Crippen molar-refractivity contribution in [3.63, 3.8) is 0 Å². The van der Waals surface area contributed by atoms with Gasteiger partial charge in [0.1, 0.15) is 0 Å². The first-order valence-electron chi connectivity index (χ1n) is 5.61. The second-order valence-corrected chi connectivity index (χ2v) is 5.82. The molecule has 3 atom stereocenters. The fourth-order valence-electron chi connectivity index (χ4n) is 1.49. The zero-order valence-electron chi connectivity index (χ0n) is 9.81. The number of hydrogen-bond acceptors (Lipinski definition) is 2. The molecular weight excluding hydrogens is 202 g/mol. The Labute approximate surface area is 97.4 Å². The molecule has 2 heteroatoms. The lowest BCUT2D eigenvalue weighted by Gasteiger charge is -2.22. The van der Waals surface area contributed by atoms with Gasteiger partial charge in [-0.1, -0.05) is 51.1 Å². The van der Waals surface area contributed by atoms with E-state index in [1.165, 1.54) is 12.0 Å². The Hall–Kier alpha value is -0.470. The van der Waals surface area contributed by atoms with Crippen LogP contribution in [0.1, 0.15) is 38.8 Å². The van der Waals surface area contributed by atoms with Crippen LogP contribution in [0.2, 0.25) is 0 Å². The summed E-state index contributed by atoms with van der Waals surface area (Å²) in [6.07, 6.45) is 1.20. The first kappa shape index (κ1) is 12.6. The molecule has 0 fully saturated rings. The Morgan fingerprint density at radius 1 is 1.20 bits per heavy atom. The minimum absolute atomic E-state index is 0.144. The van der Waals surface area contributed by atoms with Gasteiger partial charge in [0.05, 0.1) is 0 Å². The molecular formula is C13H21NS. The molecule has 0 radical (unpaired) electrons. The van der Waals surface area contributed by atoms with Crippen LogP contribution in [0.25, 0.3) is 0 Å². The SMILES string of the molecule is CCC(C)SC(C)C(N)c1ccccc1. The molecule has 0 heterocycles. The van der Waals surface area contributed by atoms with E-state index in [-0.39, 0.29) is 6.04 Å². The molecule has 2 N–H and O–H groups in total. The molecule has 0 aliphatic rings. The predicted octanol–water partition coefficient (Wildman–Crippen LogP) is 3.61. The van der Waals surface area contributed by atoms with Gasteiger partial charge in [-0.15, -0.1) is 0 Å². The Balaban J connectivity index is 2.57. The van der Waals surface area contributed by atoms with Crippen LogP contribution in [0.3, 0.4) is 0 Å². The minimum atomic E-state index is 0.144. The first-order valence-corrected chi connectivity index (χ1v) is 6.55. The average molecular weight is 223 g/mol. The van der Waals surface area contributed by atoms with Crippen molar-refractivity contribution in [2.24, 2.45) is 5.73 Å². The molecule has 0 aromatic heterocycles. The highest BCUT2D eigenvalue weighted by molar-refractivity contribution is 8.00. The van der Waals surface area contributed by atoms with Crippen molar-refractivity contribution in [3.05, 3.63) is 35.9 Å². The zero-order valence-corrected chi connectivity index (χ0v) is 10.6. The third kappa shape index (κ3) is 3.88. The number of rotatable bonds is 5. The van der Waals surface area contributed by atoms with E-state index in [9.17, 15) is 0 Å². The van der Waals surface area contributed by atoms with Crippen molar-refractivity contribution < 1.29 is 0 Å². The number of nitrogens with two attached hydrogens (primary N) is 1. The molecule has 0 spiro atoms. The zero-order chi connectivity index (χ0) is 11.3. The molecule has 0 amide bonds. The van der Waals surface area contributed by atoms with Gasteiger partial charge >= 0.3 is 0 Å². The molecule has 0 saturated carbocycles. The summed E-state index contributed by atoms with van der Waals surface area (Å²) < 4.78 is 0. The second-order valence-electron chi connectivity index (χ2n) is 4.00. The number of benzene rings is 1. The molecule has 1 rings (SSSR count). The van der Waals surface area contributed by atoms with Crippen LogP contribution in [-0.2, 0) is 0 Å². The van der Waals surface area contributed by atoms with E-state index in [0.717, 1.165) is 0 Å². The van der Waals surface area contributed by atoms with Gasteiger partial charge in [-0.05, 0) is 12.0 Å². The fourth-order valence-corrected chi connectivity index (χ4v) is 2.75. The highest BCUT2D eigenvalue weighted by Gasteiger charge is 2.16. The third-order valence-electron chi connectivity index (χ3n) is 2.71. The van der Waals surface area contributed by atoms with Gasteiger partial charge in [-0.2, -0.15) is 11.8 Å². The van der Waals surface area contributed by atoms with Crippen LogP contribution < -0.4 is 5.73 Å². The number of thioether (sulfide) groups is 1. The summed E-state index contributed by atoms with van der Waals surface area (Å²) in [6, 6.07) is 10.5. The summed E-state index contributed by atoms with van der Waals surface area (Å²) in [7, 11) is 0. The van der Waals surface area contributed by atoms with E-state index in [1.807, 2.05) is 17.8 Å². The Bertz CT molecular complexity index is 273. The van der Waals surface area contributed by atoms with E-state index in [2.05, 4.69) is 45.0 Å². The molecule has 15 heavy (non-hydrogen) atoms. The molecule has 1 aromatic rings. The van der Waals surface area contributed by atoms with Crippen LogP contribution in [0.5, 0.6) is 0 Å². The Morgan fingerprint density at radius 3 is 2.33 bits per heavy atom. The summed E-state index contributed by atoms with van der Waals surface area (Å²) in [6.45, 7) is 6.70. The van der Waals surface area contributed by atoms with Crippen molar-refractivity contribution >= 4 is 11.8 Å². The van der Waals surface area contributed by atoms with Gasteiger partial charge in [-0.3, -0.25) is 0 Å². The van der Waals surface area contributed by atoms with Gasteiger partial charge in [0.25, 0.3) is 0 Å². The van der Waals surface area contributed by atoms with Gasteiger partial charge in [0, 0.05) is 16.5 Å². The van der Waals surface area contributed by atoms with Gasteiger partial charge < -0.3 is 5.73 Å². The lowest BCUT2D eigenvalue weighted by molar-refractivity contribution is 0.709. The molecule has 0 aliphatic heterocycles. The molecule has 1 nitrogen and oxygen atoms in total. The van der Waals surface area contributed by atoms with Crippen molar-refractivity contribution in [3.8, 4) is 0 Å². The monoisotopic (exact) mass is 223 g/mol. The van der Waals surface area contributed by atoms with Crippen LogP contribution >= 0.6 is 11.8 Å². The smallest absolute Gasteiger partial charge is 0.0412 e. The quantitative estimate of drug-likeness (QED) is 0.825. The van der Waals surface area contributed by atoms with E-state index in [1.54, 1.807) is 0 Å². The number of hydrogen-bond donors (Lipinski definition) is 1. The Morgan fingerprint density at radius 2 is 1.80 bits per heavy atom. The highest BCUT2D eigenvalue weighted by atomic mass is 32.2. The summed E-state index contributed by atoms with van der Waals surface area (Å²) in [5, 5.41) is 1.16. The van der Waals surface area contributed by atoms with Gasteiger partial charge in [0.15, 0.2) is 0 Å². The molecule has 0 bridgehead atoms. The van der Waals surface area contributed by atoms with Crippen LogP contribution in [0.4, 0.5) is 0 Å². The lowest BCUT2D eigenvalue weighted by Crippen LogP contribution is -2.22. The van der Waals surface area contributed by atoms with Crippen molar-refractivity contribution in [2.45, 2.75) is 43.7 Å². The van der Waals surface area contributed by atoms with E-state index in [0.29, 0.717) is 10.5 Å². The summed E-state index contributed by atoms with van der Waals surface area (Å²) in [4.78, 5) is 0. The van der Waals surface area contributed by atoms with Crippen LogP contribution in [0.15, 0.2) is 30.3 Å². The topological polar surface area (TPSA) is 26.0 Å². The molecule has 1 aromatic carbocycles. The largest absolute Gasteiger partial charge is 0.323 e. The van der Waals surface area contributed by atoms with Crippen molar-refractivity contribution in [1.29, 1.82) is 0 Å². The summed E-state index contributed by atoms with van der Waals surface area (Å²) in [5.74, 6) is 0. The van der Waals surface area contributed by atoms with E-state index in [4.69, 9.17) is 5.73 Å². The molecule has 0 saturated heterocycles. The standard InChI is InChI=1S/C13H21NS/c1-4-10(2)15-11(3)13(14)12-8-6-5-7-9-12/h5-11,13H,4,14H2,1-3H3. The van der Waals surface area contributed by atoms with Crippen molar-refractivity contribution in [1.82, 2.24) is 0 Å². The van der Waals surface area contributed by atoms with Crippen LogP contribution in [-0.4, -0.2) is 10.5 Å². The normalized spacial score (nSPS) is 17.1. The Kier molecular flexibility index (Phi) is 5.20. The average Bonchev–Trinajstić information content (AvgIpc) is 2.29. The maximum Gasteiger partial charge on any atom is 0.0412 e. The maximum absolute atomic E-state index is 6.22. The summed E-state index contributed by atoms with van der Waals surface area (Å²) >= 11 is 1.98. The first-order chi connectivity index (χ1) is 7.15. The minimum Gasteiger partial charge on any atom is -0.323 e. The van der Waals surface area contributed by atoms with Crippen LogP contribution in [0, 0.1) is 0 Å².